The fourth-order valence-corrected chi connectivity index (χ4v) is 2.18. The summed E-state index contributed by atoms with van der Waals surface area (Å²) in [6.07, 6.45) is 3.73. The van der Waals surface area contributed by atoms with Crippen molar-refractivity contribution >= 4 is 5.82 Å². The number of aromatic nitrogens is 2. The van der Waals surface area contributed by atoms with Crippen LogP contribution in [-0.2, 0) is 6.42 Å². The first kappa shape index (κ1) is 13.5. The summed E-state index contributed by atoms with van der Waals surface area (Å²) < 4.78 is 0. The van der Waals surface area contributed by atoms with Crippen LogP contribution < -0.4 is 5.32 Å². The maximum atomic E-state index is 4.49. The van der Waals surface area contributed by atoms with E-state index in [4.69, 9.17) is 0 Å². The Morgan fingerprint density at radius 2 is 1.79 bits per heavy atom. The van der Waals surface area contributed by atoms with Crippen LogP contribution >= 0.6 is 0 Å². The number of hydrogen-bond acceptors (Lipinski definition) is 3. The molecule has 0 saturated heterocycles. The van der Waals surface area contributed by atoms with Crippen molar-refractivity contribution in [1.82, 2.24) is 9.97 Å². The summed E-state index contributed by atoms with van der Waals surface area (Å²) in [5.41, 5.74) is 4.70. The molecule has 0 aliphatic heterocycles. The zero-order valence-electron chi connectivity index (χ0n) is 11.9. The van der Waals surface area contributed by atoms with Crippen LogP contribution in [0, 0.1) is 6.92 Å². The van der Waals surface area contributed by atoms with Crippen LogP contribution in [0.2, 0.25) is 0 Å². The molecule has 1 aromatic carbocycles. The third-order valence-corrected chi connectivity index (χ3v) is 3.11. The highest BCUT2D eigenvalue weighted by Gasteiger charge is 2.11. The van der Waals surface area contributed by atoms with Gasteiger partial charge in [0.2, 0.25) is 0 Å². The van der Waals surface area contributed by atoms with E-state index in [1.807, 2.05) is 0 Å². The van der Waals surface area contributed by atoms with Crippen molar-refractivity contribution in [3.63, 3.8) is 0 Å². The first-order valence-corrected chi connectivity index (χ1v) is 6.91. The highest BCUT2D eigenvalue weighted by Crippen LogP contribution is 2.27. The summed E-state index contributed by atoms with van der Waals surface area (Å²) in [6.45, 7) is 7.24. The van der Waals surface area contributed by atoms with E-state index < -0.39 is 0 Å². The molecule has 0 saturated carbocycles. The SMILES string of the molecule is CCCc1c(NCC)ncnc1-c1ccc(C)cc1. The van der Waals surface area contributed by atoms with Crippen molar-refractivity contribution in [2.75, 3.05) is 11.9 Å². The Bertz CT molecular complexity index is 532. The summed E-state index contributed by atoms with van der Waals surface area (Å²) in [6, 6.07) is 8.51. The molecule has 0 atom stereocenters. The Kier molecular flexibility index (Phi) is 4.50. The van der Waals surface area contributed by atoms with E-state index >= 15 is 0 Å². The minimum atomic E-state index is 0.876. The van der Waals surface area contributed by atoms with Crippen molar-refractivity contribution in [3.8, 4) is 11.3 Å². The van der Waals surface area contributed by atoms with Gasteiger partial charge in [-0.05, 0) is 20.3 Å². The normalized spacial score (nSPS) is 10.5. The molecule has 1 aromatic heterocycles. The Hall–Kier alpha value is -1.90. The molecule has 0 fully saturated rings. The van der Waals surface area contributed by atoms with Crippen LogP contribution in [0.15, 0.2) is 30.6 Å². The third-order valence-electron chi connectivity index (χ3n) is 3.11. The Labute approximate surface area is 115 Å². The first-order valence-electron chi connectivity index (χ1n) is 6.91. The van der Waals surface area contributed by atoms with Gasteiger partial charge in [-0.3, -0.25) is 0 Å². The molecular formula is C16H21N3. The molecule has 2 aromatic rings. The van der Waals surface area contributed by atoms with Crippen LogP contribution in [0.4, 0.5) is 5.82 Å². The standard InChI is InChI=1S/C16H21N3/c1-4-6-14-15(13-9-7-12(3)8-10-13)18-11-19-16(14)17-5-2/h7-11H,4-6H2,1-3H3,(H,17,18,19). The lowest BCUT2D eigenvalue weighted by molar-refractivity contribution is 0.902. The van der Waals surface area contributed by atoms with E-state index in [-0.39, 0.29) is 0 Å². The van der Waals surface area contributed by atoms with Gasteiger partial charge in [-0.1, -0.05) is 43.2 Å². The summed E-state index contributed by atoms with van der Waals surface area (Å²) in [5, 5.41) is 3.33. The van der Waals surface area contributed by atoms with Crippen LogP contribution in [-0.4, -0.2) is 16.5 Å². The number of aryl methyl sites for hydroxylation is 1. The second kappa shape index (κ2) is 6.32. The first-order chi connectivity index (χ1) is 9.26. The van der Waals surface area contributed by atoms with Crippen LogP contribution in [0.5, 0.6) is 0 Å². The zero-order valence-corrected chi connectivity index (χ0v) is 11.9. The zero-order chi connectivity index (χ0) is 13.7. The van der Waals surface area contributed by atoms with Crippen LogP contribution in [0.1, 0.15) is 31.4 Å². The van der Waals surface area contributed by atoms with E-state index in [2.05, 4.69) is 60.3 Å². The quantitative estimate of drug-likeness (QED) is 0.882. The molecule has 0 spiro atoms. The van der Waals surface area contributed by atoms with Crippen molar-refractivity contribution < 1.29 is 0 Å². The maximum absolute atomic E-state index is 4.49. The van der Waals surface area contributed by atoms with Gasteiger partial charge in [-0.25, -0.2) is 9.97 Å². The van der Waals surface area contributed by atoms with E-state index in [0.29, 0.717) is 0 Å². The Morgan fingerprint density at radius 1 is 1.05 bits per heavy atom. The lowest BCUT2D eigenvalue weighted by Crippen LogP contribution is -2.06. The summed E-state index contributed by atoms with van der Waals surface area (Å²) in [4.78, 5) is 8.86. The highest BCUT2D eigenvalue weighted by molar-refractivity contribution is 5.68. The Balaban J connectivity index is 2.48. The van der Waals surface area contributed by atoms with Gasteiger partial charge >= 0.3 is 0 Å². The molecule has 1 N–H and O–H groups in total. The van der Waals surface area contributed by atoms with E-state index in [0.717, 1.165) is 36.5 Å². The minimum Gasteiger partial charge on any atom is -0.370 e. The summed E-state index contributed by atoms with van der Waals surface area (Å²) >= 11 is 0. The maximum Gasteiger partial charge on any atom is 0.133 e. The van der Waals surface area contributed by atoms with Crippen molar-refractivity contribution in [2.45, 2.75) is 33.6 Å². The molecule has 0 amide bonds. The molecule has 0 radical (unpaired) electrons. The predicted octanol–water partition coefficient (Wildman–Crippen LogP) is 3.84. The van der Waals surface area contributed by atoms with E-state index in [9.17, 15) is 0 Å². The number of hydrogen-bond donors (Lipinski definition) is 1. The lowest BCUT2D eigenvalue weighted by atomic mass is 10.0. The molecular weight excluding hydrogens is 234 g/mol. The molecule has 3 nitrogen and oxygen atoms in total. The number of benzene rings is 1. The van der Waals surface area contributed by atoms with Gasteiger partial charge in [0.1, 0.15) is 12.1 Å². The van der Waals surface area contributed by atoms with Crippen LogP contribution in [0.25, 0.3) is 11.3 Å². The smallest absolute Gasteiger partial charge is 0.133 e. The van der Waals surface area contributed by atoms with Gasteiger partial charge in [0, 0.05) is 17.7 Å². The minimum absolute atomic E-state index is 0.876. The molecule has 1 heterocycles. The lowest BCUT2D eigenvalue weighted by Gasteiger charge is -2.13. The average molecular weight is 255 g/mol. The van der Waals surface area contributed by atoms with E-state index in [1.165, 1.54) is 11.1 Å². The number of anilines is 1. The number of rotatable bonds is 5. The molecule has 0 aliphatic rings. The van der Waals surface area contributed by atoms with Gasteiger partial charge in [0.25, 0.3) is 0 Å². The predicted molar refractivity (Wildman–Crippen MR) is 80.4 cm³/mol. The second-order valence-corrected chi connectivity index (χ2v) is 4.70. The molecule has 19 heavy (non-hydrogen) atoms. The third kappa shape index (κ3) is 3.11. The number of nitrogens with zero attached hydrogens (tertiary/aromatic N) is 2. The summed E-state index contributed by atoms with van der Waals surface area (Å²) in [7, 11) is 0. The van der Waals surface area contributed by atoms with Gasteiger partial charge in [0.15, 0.2) is 0 Å². The van der Waals surface area contributed by atoms with E-state index in [1.54, 1.807) is 6.33 Å². The fraction of sp³-hybridized carbons (Fsp3) is 0.375. The second-order valence-electron chi connectivity index (χ2n) is 4.70. The molecule has 3 heteroatoms. The topological polar surface area (TPSA) is 37.8 Å². The molecule has 100 valence electrons. The van der Waals surface area contributed by atoms with Gasteiger partial charge in [-0.2, -0.15) is 0 Å². The summed E-state index contributed by atoms with van der Waals surface area (Å²) in [5.74, 6) is 0.968. The fourth-order valence-electron chi connectivity index (χ4n) is 2.18. The Morgan fingerprint density at radius 3 is 2.42 bits per heavy atom. The number of nitrogens with one attached hydrogen (secondary N) is 1. The van der Waals surface area contributed by atoms with Gasteiger partial charge < -0.3 is 5.32 Å². The molecule has 2 rings (SSSR count). The molecule has 0 aliphatic carbocycles. The van der Waals surface area contributed by atoms with Crippen molar-refractivity contribution in [1.29, 1.82) is 0 Å². The average Bonchev–Trinajstić information content (AvgIpc) is 2.42. The van der Waals surface area contributed by atoms with Crippen molar-refractivity contribution in [3.05, 3.63) is 41.7 Å². The largest absolute Gasteiger partial charge is 0.370 e. The van der Waals surface area contributed by atoms with Crippen LogP contribution in [0.3, 0.4) is 0 Å². The van der Waals surface area contributed by atoms with Gasteiger partial charge in [-0.15, -0.1) is 0 Å². The molecule has 0 bridgehead atoms. The molecule has 0 unspecified atom stereocenters. The van der Waals surface area contributed by atoms with Gasteiger partial charge in [0.05, 0.1) is 5.69 Å². The monoisotopic (exact) mass is 255 g/mol. The highest BCUT2D eigenvalue weighted by atomic mass is 15.0. The van der Waals surface area contributed by atoms with Crippen molar-refractivity contribution in [2.24, 2.45) is 0 Å².